The number of nitrogens with one attached hydrogen (secondary N) is 1. The number of hydrogen-bond acceptors (Lipinski definition) is 4. The van der Waals surface area contributed by atoms with Crippen LogP contribution in [0.3, 0.4) is 0 Å². The average molecular weight is 422 g/mol. The largest absolute Gasteiger partial charge is 0.481 e. The van der Waals surface area contributed by atoms with Gasteiger partial charge in [-0.05, 0) is 70.6 Å². The molecule has 30 heavy (non-hydrogen) atoms. The van der Waals surface area contributed by atoms with E-state index in [2.05, 4.69) is 5.32 Å². The second-order valence-corrected chi connectivity index (χ2v) is 9.81. The highest BCUT2D eigenvalue weighted by Crippen LogP contribution is 2.47. The summed E-state index contributed by atoms with van der Waals surface area (Å²) in [4.78, 5) is 37.5. The Kier molecular flexibility index (Phi) is 8.18. The fourth-order valence-corrected chi connectivity index (χ4v) is 6.06. The van der Waals surface area contributed by atoms with Crippen LogP contribution in [0.15, 0.2) is 0 Å². The molecule has 3 rings (SSSR count). The minimum absolute atomic E-state index is 0.0544. The normalized spacial score (nSPS) is 27.9. The second kappa shape index (κ2) is 10.6. The zero-order valence-electron chi connectivity index (χ0n) is 18.5. The van der Waals surface area contributed by atoms with E-state index in [0.717, 1.165) is 77.0 Å². The monoisotopic (exact) mass is 421 g/mol. The van der Waals surface area contributed by atoms with E-state index in [4.69, 9.17) is 4.74 Å². The smallest absolute Gasteiger partial charge is 0.308 e. The molecule has 3 aliphatic rings. The topological polar surface area (TPSA) is 92.7 Å². The maximum atomic E-state index is 13.4. The molecule has 1 amide bonds. The number of esters is 1. The van der Waals surface area contributed by atoms with Crippen molar-refractivity contribution in [1.29, 1.82) is 0 Å². The van der Waals surface area contributed by atoms with E-state index in [1.807, 2.05) is 6.92 Å². The lowest BCUT2D eigenvalue weighted by Gasteiger charge is -2.37. The first-order valence-electron chi connectivity index (χ1n) is 12.2. The van der Waals surface area contributed by atoms with Gasteiger partial charge in [0.05, 0.1) is 23.9 Å². The molecule has 1 atom stereocenters. The molecule has 6 heteroatoms. The molecule has 0 heterocycles. The van der Waals surface area contributed by atoms with Gasteiger partial charge >= 0.3 is 11.9 Å². The van der Waals surface area contributed by atoms with E-state index in [1.54, 1.807) is 0 Å². The lowest BCUT2D eigenvalue weighted by molar-refractivity contribution is -0.149. The summed E-state index contributed by atoms with van der Waals surface area (Å²) in [6.07, 6.45) is 12.5. The zero-order valence-corrected chi connectivity index (χ0v) is 18.5. The third-order valence-electron chi connectivity index (χ3n) is 7.87. The quantitative estimate of drug-likeness (QED) is 0.565. The van der Waals surface area contributed by atoms with Crippen molar-refractivity contribution < 1.29 is 24.2 Å². The Balaban J connectivity index is 1.60. The zero-order chi connectivity index (χ0) is 21.6. The van der Waals surface area contributed by atoms with Crippen LogP contribution in [0.2, 0.25) is 0 Å². The van der Waals surface area contributed by atoms with Gasteiger partial charge in [-0.2, -0.15) is 0 Å². The van der Waals surface area contributed by atoms with Gasteiger partial charge in [0.15, 0.2) is 0 Å². The molecule has 3 aliphatic carbocycles. The number of amides is 1. The number of ether oxygens (including phenoxy) is 1. The number of carbonyl (C=O) groups is 3. The van der Waals surface area contributed by atoms with Gasteiger partial charge in [0.25, 0.3) is 0 Å². The summed E-state index contributed by atoms with van der Waals surface area (Å²) in [7, 11) is 0. The molecule has 0 spiro atoms. The summed E-state index contributed by atoms with van der Waals surface area (Å²) in [5.74, 6) is -1.04. The van der Waals surface area contributed by atoms with Gasteiger partial charge in [-0.3, -0.25) is 14.4 Å². The SMILES string of the molecule is CCOC(=O)[C@H]1CC[C@@H](NC(=O)C2(CC(C(=O)O)C3CCCCC3)CCCC2)CC1. The number of carboxylic acids is 1. The van der Waals surface area contributed by atoms with Crippen molar-refractivity contribution in [3.8, 4) is 0 Å². The highest BCUT2D eigenvalue weighted by molar-refractivity contribution is 5.84. The van der Waals surface area contributed by atoms with Crippen LogP contribution in [0.25, 0.3) is 0 Å². The van der Waals surface area contributed by atoms with Crippen LogP contribution in [-0.2, 0) is 19.1 Å². The molecule has 2 N–H and O–H groups in total. The summed E-state index contributed by atoms with van der Waals surface area (Å²) in [5.41, 5.74) is -0.529. The molecule has 0 aromatic heterocycles. The van der Waals surface area contributed by atoms with Gasteiger partial charge in [0.2, 0.25) is 5.91 Å². The highest BCUT2D eigenvalue weighted by Gasteiger charge is 2.46. The van der Waals surface area contributed by atoms with Crippen molar-refractivity contribution in [2.24, 2.45) is 23.2 Å². The molecule has 3 saturated carbocycles. The maximum absolute atomic E-state index is 13.4. The van der Waals surface area contributed by atoms with Crippen LogP contribution >= 0.6 is 0 Å². The van der Waals surface area contributed by atoms with E-state index < -0.39 is 17.3 Å². The molecule has 0 bridgehead atoms. The standard InChI is InChI=1S/C24H39NO5/c1-2-30-22(28)18-10-12-19(13-11-18)25-23(29)24(14-6-7-15-24)16-20(21(26)27)17-8-4-3-5-9-17/h17-20H,2-16H2,1H3,(H,25,29)(H,26,27)/t18-,19+,20?. The molecule has 3 fully saturated rings. The van der Waals surface area contributed by atoms with Crippen LogP contribution in [0.4, 0.5) is 0 Å². The number of carboxylic acid groups (broad SMARTS) is 1. The molecule has 0 aromatic carbocycles. The molecule has 6 nitrogen and oxygen atoms in total. The highest BCUT2D eigenvalue weighted by atomic mass is 16.5. The molecular weight excluding hydrogens is 382 g/mol. The summed E-state index contributed by atoms with van der Waals surface area (Å²) in [6, 6.07) is 0.0820. The fraction of sp³-hybridized carbons (Fsp3) is 0.875. The van der Waals surface area contributed by atoms with Gasteiger partial charge in [-0.25, -0.2) is 0 Å². The van der Waals surface area contributed by atoms with Crippen molar-refractivity contribution >= 4 is 17.8 Å². The molecule has 170 valence electrons. The Hall–Kier alpha value is -1.59. The molecule has 0 saturated heterocycles. The van der Waals surface area contributed by atoms with Crippen molar-refractivity contribution in [2.75, 3.05) is 6.61 Å². The van der Waals surface area contributed by atoms with Crippen molar-refractivity contribution in [3.63, 3.8) is 0 Å². The lowest BCUT2D eigenvalue weighted by Crippen LogP contribution is -2.48. The fourth-order valence-electron chi connectivity index (χ4n) is 6.06. The number of aliphatic carboxylic acids is 1. The Labute approximate surface area is 180 Å². The van der Waals surface area contributed by atoms with Crippen LogP contribution < -0.4 is 5.32 Å². The number of rotatable bonds is 8. The lowest BCUT2D eigenvalue weighted by atomic mass is 9.69. The maximum Gasteiger partial charge on any atom is 0.308 e. The van der Waals surface area contributed by atoms with Crippen LogP contribution in [-0.4, -0.2) is 35.6 Å². The third-order valence-corrected chi connectivity index (χ3v) is 7.87. The Morgan fingerprint density at radius 2 is 1.60 bits per heavy atom. The summed E-state index contributed by atoms with van der Waals surface area (Å²) < 4.78 is 5.14. The Bertz CT molecular complexity index is 599. The second-order valence-electron chi connectivity index (χ2n) is 9.81. The van der Waals surface area contributed by atoms with E-state index in [1.165, 1.54) is 6.42 Å². The number of carbonyl (C=O) groups excluding carboxylic acids is 2. The van der Waals surface area contributed by atoms with Crippen molar-refractivity contribution in [1.82, 2.24) is 5.32 Å². The van der Waals surface area contributed by atoms with Crippen LogP contribution in [0, 0.1) is 23.2 Å². The van der Waals surface area contributed by atoms with Crippen molar-refractivity contribution in [2.45, 2.75) is 103 Å². The summed E-state index contributed by atoms with van der Waals surface area (Å²) in [6.45, 7) is 2.23. The van der Waals surface area contributed by atoms with E-state index in [-0.39, 0.29) is 29.8 Å². The van der Waals surface area contributed by atoms with Crippen molar-refractivity contribution in [3.05, 3.63) is 0 Å². The molecular formula is C24H39NO5. The average Bonchev–Trinajstić information content (AvgIpc) is 3.23. The minimum Gasteiger partial charge on any atom is -0.481 e. The predicted molar refractivity (Wildman–Crippen MR) is 114 cm³/mol. The molecule has 0 aliphatic heterocycles. The van der Waals surface area contributed by atoms with Gasteiger partial charge in [0.1, 0.15) is 0 Å². The Morgan fingerprint density at radius 3 is 2.17 bits per heavy atom. The van der Waals surface area contributed by atoms with E-state index in [9.17, 15) is 19.5 Å². The molecule has 0 aromatic rings. The van der Waals surface area contributed by atoms with E-state index >= 15 is 0 Å². The van der Waals surface area contributed by atoms with Gasteiger partial charge in [-0.15, -0.1) is 0 Å². The van der Waals surface area contributed by atoms with Crippen LogP contribution in [0.1, 0.15) is 96.8 Å². The molecule has 0 radical (unpaired) electrons. The minimum atomic E-state index is -0.726. The first kappa shape index (κ1) is 23.1. The first-order chi connectivity index (χ1) is 14.4. The van der Waals surface area contributed by atoms with Gasteiger partial charge < -0.3 is 15.2 Å². The predicted octanol–water partition coefficient (Wildman–Crippen LogP) is 4.46. The van der Waals surface area contributed by atoms with E-state index in [0.29, 0.717) is 13.0 Å². The summed E-state index contributed by atoms with van der Waals surface area (Å²) in [5, 5.41) is 13.2. The van der Waals surface area contributed by atoms with Crippen LogP contribution in [0.5, 0.6) is 0 Å². The van der Waals surface area contributed by atoms with Gasteiger partial charge in [0, 0.05) is 6.04 Å². The summed E-state index contributed by atoms with van der Waals surface area (Å²) >= 11 is 0. The van der Waals surface area contributed by atoms with Gasteiger partial charge in [-0.1, -0.05) is 32.1 Å². The third kappa shape index (κ3) is 5.55. The first-order valence-corrected chi connectivity index (χ1v) is 12.2. The Morgan fingerprint density at radius 1 is 0.967 bits per heavy atom. The molecule has 1 unspecified atom stereocenters. The number of hydrogen-bond donors (Lipinski definition) is 2.